The Hall–Kier alpha value is -1.66. The van der Waals surface area contributed by atoms with Crippen LogP contribution in [0.15, 0.2) is 28.7 Å². The number of hydrogen-bond acceptors (Lipinski definition) is 3. The Morgan fingerprint density at radius 2 is 2.26 bits per heavy atom. The van der Waals surface area contributed by atoms with E-state index in [2.05, 4.69) is 21.0 Å². The van der Waals surface area contributed by atoms with Crippen LogP contribution in [0.3, 0.4) is 0 Å². The van der Waals surface area contributed by atoms with E-state index in [1.165, 1.54) is 0 Å². The zero-order valence-electron chi connectivity index (χ0n) is 9.88. The molecule has 1 aliphatic rings. The van der Waals surface area contributed by atoms with Crippen LogP contribution in [-0.2, 0) is 6.42 Å². The summed E-state index contributed by atoms with van der Waals surface area (Å²) in [6, 6.07) is 7.47. The van der Waals surface area contributed by atoms with Gasteiger partial charge in [-0.1, -0.05) is 22.0 Å². The van der Waals surface area contributed by atoms with E-state index in [-0.39, 0.29) is 5.69 Å². The minimum Gasteiger partial charge on any atom is -0.476 e. The molecule has 2 aromatic rings. The fourth-order valence-electron chi connectivity index (χ4n) is 2.45. The van der Waals surface area contributed by atoms with Gasteiger partial charge in [0.05, 0.1) is 17.5 Å². The lowest BCUT2D eigenvalue weighted by molar-refractivity contribution is 0.0682. The monoisotopic (exact) mass is 322 g/mol. The van der Waals surface area contributed by atoms with E-state index in [0.717, 1.165) is 15.9 Å². The maximum absolute atomic E-state index is 11.2. The summed E-state index contributed by atoms with van der Waals surface area (Å²) in [6.45, 7) is 0. The average molecular weight is 323 g/mol. The van der Waals surface area contributed by atoms with E-state index in [4.69, 9.17) is 0 Å². The van der Waals surface area contributed by atoms with E-state index in [9.17, 15) is 15.0 Å². The first-order chi connectivity index (χ1) is 9.08. The highest BCUT2D eigenvalue weighted by Crippen LogP contribution is 2.35. The highest BCUT2D eigenvalue weighted by Gasteiger charge is 2.32. The normalized spacial score (nSPS) is 17.5. The molecule has 2 N–H and O–H groups in total. The van der Waals surface area contributed by atoms with Gasteiger partial charge >= 0.3 is 5.97 Å². The van der Waals surface area contributed by atoms with Crippen LogP contribution in [-0.4, -0.2) is 26.0 Å². The van der Waals surface area contributed by atoms with Crippen molar-refractivity contribution in [3.05, 3.63) is 45.7 Å². The first-order valence-electron chi connectivity index (χ1n) is 5.87. The molecule has 0 spiro atoms. The van der Waals surface area contributed by atoms with Crippen molar-refractivity contribution in [2.75, 3.05) is 0 Å². The van der Waals surface area contributed by atoms with E-state index < -0.39 is 12.1 Å². The number of aromatic carboxylic acids is 1. The molecule has 0 amide bonds. The van der Waals surface area contributed by atoms with Gasteiger partial charge in [-0.25, -0.2) is 9.48 Å². The molecule has 0 saturated carbocycles. The third-order valence-corrected chi connectivity index (χ3v) is 3.76. The maximum Gasteiger partial charge on any atom is 0.356 e. The predicted octanol–water partition coefficient (Wildman–Crippen LogP) is 2.31. The molecule has 1 aliphatic carbocycles. The molecule has 1 atom stereocenters. The molecule has 1 aromatic heterocycles. The number of nitrogens with zero attached hydrogens (tertiary/aromatic N) is 2. The van der Waals surface area contributed by atoms with Crippen molar-refractivity contribution in [2.24, 2.45) is 0 Å². The fourth-order valence-corrected chi connectivity index (χ4v) is 2.84. The van der Waals surface area contributed by atoms with Crippen molar-refractivity contribution in [3.8, 4) is 5.69 Å². The lowest BCUT2D eigenvalue weighted by Crippen LogP contribution is -2.05. The number of hydrogen-bond donors (Lipinski definition) is 2. The molecule has 5 nitrogen and oxygen atoms in total. The number of carboxylic acid groups (broad SMARTS) is 1. The number of carboxylic acids is 1. The Balaban J connectivity index is 2.21. The molecule has 1 aromatic carbocycles. The van der Waals surface area contributed by atoms with Crippen LogP contribution in [0.5, 0.6) is 0 Å². The minimum atomic E-state index is -1.11. The SMILES string of the molecule is O=C(O)c1nn(-c2cccc(Br)c2)c2c1C(O)CC2. The van der Waals surface area contributed by atoms with Crippen molar-refractivity contribution < 1.29 is 15.0 Å². The molecule has 0 bridgehead atoms. The lowest BCUT2D eigenvalue weighted by atomic mass is 10.1. The summed E-state index contributed by atoms with van der Waals surface area (Å²) in [5.41, 5.74) is 1.96. The van der Waals surface area contributed by atoms with Crippen LogP contribution in [0.4, 0.5) is 0 Å². The number of aliphatic hydroxyl groups is 1. The van der Waals surface area contributed by atoms with E-state index in [1.807, 2.05) is 24.3 Å². The summed E-state index contributed by atoms with van der Waals surface area (Å²) in [7, 11) is 0. The quantitative estimate of drug-likeness (QED) is 0.889. The molecule has 19 heavy (non-hydrogen) atoms. The Bertz CT molecular complexity index is 666. The van der Waals surface area contributed by atoms with Crippen LogP contribution in [0.25, 0.3) is 5.69 Å². The van der Waals surface area contributed by atoms with Crippen LogP contribution >= 0.6 is 15.9 Å². The zero-order chi connectivity index (χ0) is 13.6. The number of rotatable bonds is 2. The van der Waals surface area contributed by atoms with Crippen molar-refractivity contribution in [1.29, 1.82) is 0 Å². The number of halogens is 1. The molecule has 0 saturated heterocycles. The Kier molecular flexibility index (Phi) is 2.91. The highest BCUT2D eigenvalue weighted by atomic mass is 79.9. The minimum absolute atomic E-state index is 0.0556. The fraction of sp³-hybridized carbons (Fsp3) is 0.231. The molecule has 1 unspecified atom stereocenters. The molecule has 6 heteroatoms. The zero-order valence-corrected chi connectivity index (χ0v) is 11.5. The van der Waals surface area contributed by atoms with E-state index >= 15 is 0 Å². The number of fused-ring (bicyclic) bond motifs is 1. The van der Waals surface area contributed by atoms with Crippen molar-refractivity contribution in [3.63, 3.8) is 0 Å². The summed E-state index contributed by atoms with van der Waals surface area (Å²) >= 11 is 3.38. The number of carbonyl (C=O) groups is 1. The first-order valence-corrected chi connectivity index (χ1v) is 6.66. The van der Waals surface area contributed by atoms with Crippen molar-refractivity contribution in [2.45, 2.75) is 18.9 Å². The summed E-state index contributed by atoms with van der Waals surface area (Å²) in [5, 5.41) is 23.2. The van der Waals surface area contributed by atoms with Crippen molar-refractivity contribution in [1.82, 2.24) is 9.78 Å². The third kappa shape index (κ3) is 1.97. The van der Waals surface area contributed by atoms with E-state index in [1.54, 1.807) is 4.68 Å². The largest absolute Gasteiger partial charge is 0.476 e. The molecule has 0 radical (unpaired) electrons. The molecule has 0 fully saturated rings. The van der Waals surface area contributed by atoms with E-state index in [0.29, 0.717) is 18.4 Å². The summed E-state index contributed by atoms with van der Waals surface area (Å²) in [6.07, 6.45) is 0.437. The second kappa shape index (κ2) is 4.47. The van der Waals surface area contributed by atoms with Crippen LogP contribution in [0.2, 0.25) is 0 Å². The van der Waals surface area contributed by atoms with Gasteiger partial charge < -0.3 is 10.2 Å². The van der Waals surface area contributed by atoms with Gasteiger partial charge in [-0.2, -0.15) is 5.10 Å². The molecular formula is C13H11BrN2O3. The first kappa shape index (κ1) is 12.4. The number of aromatic nitrogens is 2. The predicted molar refractivity (Wildman–Crippen MR) is 71.5 cm³/mol. The lowest BCUT2D eigenvalue weighted by Gasteiger charge is -2.05. The van der Waals surface area contributed by atoms with Gasteiger partial charge in [0.15, 0.2) is 5.69 Å². The second-order valence-electron chi connectivity index (χ2n) is 4.46. The third-order valence-electron chi connectivity index (χ3n) is 3.26. The molecule has 3 rings (SSSR count). The standard InChI is InChI=1S/C13H11BrN2O3/c14-7-2-1-3-8(6-7)16-9-4-5-10(17)11(9)12(15-16)13(18)19/h1-3,6,10,17H,4-5H2,(H,18,19). The Morgan fingerprint density at radius 3 is 2.95 bits per heavy atom. The number of aliphatic hydroxyl groups excluding tert-OH is 1. The summed E-state index contributed by atoms with van der Waals surface area (Å²) < 4.78 is 2.50. The summed E-state index contributed by atoms with van der Waals surface area (Å²) in [4.78, 5) is 11.2. The Morgan fingerprint density at radius 1 is 1.47 bits per heavy atom. The average Bonchev–Trinajstić information content (AvgIpc) is 2.90. The number of benzene rings is 1. The van der Waals surface area contributed by atoms with Gasteiger partial charge in [-0.05, 0) is 31.0 Å². The smallest absolute Gasteiger partial charge is 0.356 e. The van der Waals surface area contributed by atoms with Crippen LogP contribution in [0, 0.1) is 0 Å². The summed E-state index contributed by atoms with van der Waals surface area (Å²) in [5.74, 6) is -1.11. The Labute approximate surface area is 117 Å². The van der Waals surface area contributed by atoms with Gasteiger partial charge in [0.2, 0.25) is 0 Å². The molecule has 1 heterocycles. The van der Waals surface area contributed by atoms with Gasteiger partial charge in [0, 0.05) is 10.0 Å². The van der Waals surface area contributed by atoms with Gasteiger partial charge in [-0.3, -0.25) is 0 Å². The topological polar surface area (TPSA) is 75.3 Å². The maximum atomic E-state index is 11.2. The highest BCUT2D eigenvalue weighted by molar-refractivity contribution is 9.10. The second-order valence-corrected chi connectivity index (χ2v) is 5.38. The molecule has 98 valence electrons. The molecule has 0 aliphatic heterocycles. The van der Waals surface area contributed by atoms with Gasteiger partial charge in [-0.15, -0.1) is 0 Å². The van der Waals surface area contributed by atoms with Gasteiger partial charge in [0.1, 0.15) is 0 Å². The van der Waals surface area contributed by atoms with Crippen LogP contribution in [0.1, 0.15) is 34.3 Å². The van der Waals surface area contributed by atoms with Crippen molar-refractivity contribution >= 4 is 21.9 Å². The molecular weight excluding hydrogens is 312 g/mol. The van der Waals surface area contributed by atoms with Gasteiger partial charge in [0.25, 0.3) is 0 Å². The van der Waals surface area contributed by atoms with Crippen LogP contribution < -0.4 is 0 Å².